The first-order valence-electron chi connectivity index (χ1n) is 31.6. The number of benzene rings is 2. The largest absolute Gasteiger partial charge is 0.497 e. The molecule has 5 atom stereocenters. The quantitative estimate of drug-likeness (QED) is 0.0432. The minimum atomic E-state index is -9.21. The zero-order valence-electron chi connectivity index (χ0n) is 58.2. The maximum atomic E-state index is 15.0. The molecule has 1 fully saturated rings. The van der Waals surface area contributed by atoms with Crippen LogP contribution < -0.4 is 9.47 Å². The lowest BCUT2D eigenvalue weighted by molar-refractivity contribution is -0.461. The van der Waals surface area contributed by atoms with Crippen LogP contribution in [0.2, 0.25) is 0 Å². The van der Waals surface area contributed by atoms with Crippen LogP contribution in [0, 0.1) is 5.41 Å². The van der Waals surface area contributed by atoms with E-state index in [2.05, 4.69) is 0 Å². The predicted molar refractivity (Wildman–Crippen MR) is 291 cm³/mol. The Labute approximate surface area is 638 Å². The van der Waals surface area contributed by atoms with Gasteiger partial charge in [0, 0.05) is 39.1 Å². The van der Waals surface area contributed by atoms with Crippen LogP contribution in [-0.4, -0.2) is 249 Å². The zero-order valence-corrected chi connectivity index (χ0v) is 58.2. The SMILES string of the molecule is COc1ccc(O[C@@H]2O[C@H](CO)[C@H](O)[C@H](OCc3cccc(COCC(COCCCC(F)(F)C(F)(F)C(F)(F)C(F)(F)C(F)(F)C(F)(F)C(F)(F)C(F)(F)F)(COCCCC(F)(F)C(F)(F)C(F)(F)C(F)(F)C(F)(F)C(F)(F)C(F)(F)C(F)(F)F)COCCCC(F)(F)C(F)(F)C(F)(F)C(F)(F)C(F)(F)C(F)(F)C(F)(F)C(F)(F)F)c3)[C@H]2O)cc1. The van der Waals surface area contributed by atoms with Crippen molar-refractivity contribution in [3.63, 3.8) is 0 Å². The molecule has 0 radical (unpaired) electrons. The first-order valence-corrected chi connectivity index (χ1v) is 31.6. The van der Waals surface area contributed by atoms with Gasteiger partial charge < -0.3 is 53.2 Å². The van der Waals surface area contributed by atoms with Gasteiger partial charge in [0.2, 0.25) is 6.29 Å². The summed E-state index contributed by atoms with van der Waals surface area (Å²) >= 11 is 0. The van der Waals surface area contributed by atoms with Crippen molar-refractivity contribution in [3.05, 3.63) is 59.7 Å². The Bertz CT molecular complexity index is 3390. The molecule has 1 aliphatic heterocycles. The van der Waals surface area contributed by atoms with Gasteiger partial charge in [-0.1, -0.05) is 24.3 Å². The van der Waals surface area contributed by atoms with E-state index in [1.165, 1.54) is 31.4 Å². The fourth-order valence-corrected chi connectivity index (χ4v) is 9.89. The summed E-state index contributed by atoms with van der Waals surface area (Å²) in [7, 11) is 1.23. The second-order valence-electron chi connectivity index (χ2n) is 26.0. The van der Waals surface area contributed by atoms with Gasteiger partial charge in [0.05, 0.1) is 58.8 Å². The van der Waals surface area contributed by atoms with Gasteiger partial charge in [-0.3, -0.25) is 0 Å². The fraction of sp³-hybridized carbons (Fsp3) is 0.797. The van der Waals surface area contributed by atoms with Gasteiger partial charge in [-0.25, -0.2) is 0 Å². The van der Waals surface area contributed by atoms with Crippen LogP contribution in [0.5, 0.6) is 11.5 Å². The van der Waals surface area contributed by atoms with Crippen LogP contribution in [0.3, 0.4) is 0 Å². The summed E-state index contributed by atoms with van der Waals surface area (Å²) in [5.41, 5.74) is -3.87. The zero-order chi connectivity index (χ0) is 95.3. The van der Waals surface area contributed by atoms with Crippen molar-refractivity contribution in [1.29, 1.82) is 0 Å². The maximum absolute atomic E-state index is 15.0. The second-order valence-corrected chi connectivity index (χ2v) is 26.0. The molecule has 2 aromatic carbocycles. The molecule has 0 bridgehead atoms. The summed E-state index contributed by atoms with van der Waals surface area (Å²) in [6.07, 6.45) is -51.7. The number of hydrogen-bond donors (Lipinski definition) is 3. The fourth-order valence-electron chi connectivity index (χ4n) is 9.89. The monoisotopic (exact) mass is 1900 g/mol. The smallest absolute Gasteiger partial charge is 0.460 e. The van der Waals surface area contributed by atoms with Crippen molar-refractivity contribution >= 4 is 0 Å². The molecule has 0 spiro atoms. The van der Waals surface area contributed by atoms with Gasteiger partial charge in [0.25, 0.3) is 0 Å². The molecule has 3 N–H and O–H groups in total. The van der Waals surface area contributed by atoms with E-state index in [4.69, 9.17) is 37.9 Å². The van der Waals surface area contributed by atoms with E-state index in [1.54, 1.807) is 0 Å². The Morgan fingerprint density at radius 3 is 0.843 bits per heavy atom. The van der Waals surface area contributed by atoms with Crippen molar-refractivity contribution in [1.82, 2.24) is 0 Å². The van der Waals surface area contributed by atoms with Gasteiger partial charge in [0.15, 0.2) is 0 Å². The molecule has 0 saturated carbocycles. The third kappa shape index (κ3) is 19.2. The van der Waals surface area contributed by atoms with Gasteiger partial charge in [-0.05, 0) is 54.7 Å². The van der Waals surface area contributed by atoms with Crippen LogP contribution in [0.15, 0.2) is 48.5 Å². The Morgan fingerprint density at radius 1 is 0.314 bits per heavy atom. The highest BCUT2D eigenvalue weighted by Crippen LogP contribution is 2.69. The number of aliphatic hydroxyl groups excluding tert-OH is 3. The third-order valence-electron chi connectivity index (χ3n) is 17.2. The number of ether oxygens (including phenoxy) is 8. The molecule has 3 rings (SSSR count). The number of hydrogen-bond acceptors (Lipinski definition) is 11. The minimum absolute atomic E-state index is 0.0917. The highest BCUT2D eigenvalue weighted by molar-refractivity contribution is 5.31. The first kappa shape index (κ1) is 109. The van der Waals surface area contributed by atoms with Crippen LogP contribution in [0.4, 0.5) is 224 Å². The number of halogens is 51. The van der Waals surface area contributed by atoms with Crippen LogP contribution in [0.1, 0.15) is 49.7 Å². The highest BCUT2D eigenvalue weighted by Gasteiger charge is 2.99. The Morgan fingerprint density at radius 2 is 0.570 bits per heavy atom. The molecule has 11 nitrogen and oxygen atoms in total. The van der Waals surface area contributed by atoms with Gasteiger partial charge in [0.1, 0.15) is 35.9 Å². The van der Waals surface area contributed by atoms with E-state index >= 15 is 0 Å². The summed E-state index contributed by atoms with van der Waals surface area (Å²) < 4.78 is 755. The second kappa shape index (κ2) is 35.4. The van der Waals surface area contributed by atoms with E-state index in [-0.39, 0.29) is 17.1 Å². The van der Waals surface area contributed by atoms with E-state index in [1.807, 2.05) is 0 Å². The minimum Gasteiger partial charge on any atom is -0.497 e. The number of alkyl halides is 51. The molecule has 1 aliphatic rings. The third-order valence-corrected chi connectivity index (χ3v) is 17.2. The molecular weight excluding hydrogens is 1850 g/mol. The molecule has 1 saturated heterocycles. The molecule has 121 heavy (non-hydrogen) atoms. The van der Waals surface area contributed by atoms with Crippen LogP contribution in [0.25, 0.3) is 0 Å². The predicted octanol–water partition coefficient (Wildman–Crippen LogP) is 20.0. The maximum Gasteiger partial charge on any atom is 0.460 e. The average Bonchev–Trinajstić information content (AvgIpc) is 0.703. The number of methoxy groups -OCH3 is 1. The summed E-state index contributed by atoms with van der Waals surface area (Å²) in [5.74, 6) is -183. The normalized spacial score (nSPS) is 19.3. The lowest BCUT2D eigenvalue weighted by Gasteiger charge is -2.42. The summed E-state index contributed by atoms with van der Waals surface area (Å²) in [6, 6.07) is 8.88. The average molecular weight is 1900 g/mol. The molecule has 0 unspecified atom stereocenters. The first-order chi connectivity index (χ1) is 53.6. The Balaban J connectivity index is 2.24. The van der Waals surface area contributed by atoms with E-state index in [9.17, 15) is 239 Å². The topological polar surface area (TPSA) is 135 Å². The lowest BCUT2D eigenvalue weighted by atomic mass is 9.88. The van der Waals surface area contributed by atoms with Crippen molar-refractivity contribution in [3.8, 4) is 11.5 Å². The molecular formula is C59H51F51O11. The van der Waals surface area contributed by atoms with Crippen molar-refractivity contribution < 1.29 is 277 Å². The van der Waals surface area contributed by atoms with E-state index < -0.39 is 289 Å². The molecule has 2 aromatic rings. The van der Waals surface area contributed by atoms with Gasteiger partial charge >= 0.3 is 143 Å². The molecule has 62 heteroatoms. The summed E-state index contributed by atoms with van der Waals surface area (Å²) in [4.78, 5) is 0. The number of rotatable bonds is 47. The standard InChI is InChI=1S/C59H51F51O11/c1-114-28-8-10-29(11-9-28)120-34-32(113)33(31(112)30(19-111)121-34)119-21-27-7-2-6-26(18-27)20-118-25-35(22-115-15-3-12-36(60,61)39(66,67)42(72,73)45(78,79)48(84,85)51(90,91)54(96,97)57(102,103)104,23-116-16-4-13-37(62,63)40(68,69)43(74,75)46(80,81)49(86,87)52(92,93)55(98,99)58(105,106)107)24-117-17-5-14-38(64,65)41(70,71)44(76,77)47(82,83)50(88,89)53(94,95)56(100,101)59(108,109)110/h2,6-11,18,30-34,111-113H,3-5,12-17,19-25H2,1H3/t30-,31+,32-,33+,34-/m1/s1. The summed E-state index contributed by atoms with van der Waals surface area (Å²) in [6.45, 7) is -17.8. The molecule has 0 aromatic heterocycles. The van der Waals surface area contributed by atoms with Crippen LogP contribution in [-0.2, 0) is 41.6 Å². The lowest BCUT2D eigenvalue weighted by Crippen LogP contribution is -2.74. The van der Waals surface area contributed by atoms with Crippen molar-refractivity contribution in [2.75, 3.05) is 60.0 Å². The highest BCUT2D eigenvalue weighted by atomic mass is 19.5. The Kier molecular flexibility index (Phi) is 32.0. The van der Waals surface area contributed by atoms with Crippen LogP contribution >= 0.6 is 0 Å². The molecule has 710 valence electrons. The molecule has 1 heterocycles. The van der Waals surface area contributed by atoms with Gasteiger partial charge in [-0.2, -0.15) is 224 Å². The van der Waals surface area contributed by atoms with Gasteiger partial charge in [-0.15, -0.1) is 0 Å². The van der Waals surface area contributed by atoms with E-state index in [0.29, 0.717) is 0 Å². The summed E-state index contributed by atoms with van der Waals surface area (Å²) in [5, 5.41) is 31.8. The Hall–Kier alpha value is -5.89. The van der Waals surface area contributed by atoms with Crippen molar-refractivity contribution in [2.45, 2.75) is 225 Å². The molecule has 0 aliphatic carbocycles. The number of aliphatic hydroxyl groups is 3. The molecule has 0 amide bonds. The van der Waals surface area contributed by atoms with Crippen molar-refractivity contribution in [2.24, 2.45) is 5.41 Å². The van der Waals surface area contributed by atoms with E-state index in [0.717, 1.165) is 24.3 Å².